The number of benzene rings is 2. The smallest absolute Gasteiger partial charge is 0.314 e. The van der Waals surface area contributed by atoms with E-state index >= 15 is 0 Å². The van der Waals surface area contributed by atoms with Gasteiger partial charge in [-0.05, 0) is 42.5 Å². The van der Waals surface area contributed by atoms with Gasteiger partial charge in [-0.3, -0.25) is 14.7 Å². The van der Waals surface area contributed by atoms with Crippen molar-refractivity contribution in [2.45, 2.75) is 4.90 Å². The van der Waals surface area contributed by atoms with Gasteiger partial charge in [0.15, 0.2) is 0 Å². The van der Waals surface area contributed by atoms with Gasteiger partial charge in [0.25, 0.3) is 0 Å². The molecule has 0 aliphatic carbocycles. The summed E-state index contributed by atoms with van der Waals surface area (Å²) in [4.78, 5) is 23.8. The SMILES string of the molecule is NS(=O)(=O)c1ccc(NC(=O)C(=O)Nc2ccc3cn[nH]c3c2)cc1. The molecule has 0 spiro atoms. The Balaban J connectivity index is 1.67. The van der Waals surface area contributed by atoms with E-state index in [4.69, 9.17) is 5.14 Å². The van der Waals surface area contributed by atoms with Crippen LogP contribution in [-0.4, -0.2) is 30.4 Å². The van der Waals surface area contributed by atoms with Crippen LogP contribution in [0.2, 0.25) is 0 Å². The number of hydrogen-bond donors (Lipinski definition) is 4. The summed E-state index contributed by atoms with van der Waals surface area (Å²) >= 11 is 0. The van der Waals surface area contributed by atoms with Gasteiger partial charge < -0.3 is 10.6 Å². The molecule has 2 aromatic carbocycles. The Bertz CT molecular complexity index is 1060. The molecule has 0 saturated carbocycles. The van der Waals surface area contributed by atoms with Crippen LogP contribution in [0.15, 0.2) is 53.6 Å². The number of carbonyl (C=O) groups is 2. The number of rotatable bonds is 3. The van der Waals surface area contributed by atoms with Crippen molar-refractivity contribution >= 4 is 44.1 Å². The van der Waals surface area contributed by atoms with Crippen molar-refractivity contribution in [3.8, 4) is 0 Å². The summed E-state index contributed by atoms with van der Waals surface area (Å²) in [6.07, 6.45) is 1.64. The van der Waals surface area contributed by atoms with Crippen molar-refractivity contribution in [2.75, 3.05) is 10.6 Å². The summed E-state index contributed by atoms with van der Waals surface area (Å²) < 4.78 is 22.3. The summed E-state index contributed by atoms with van der Waals surface area (Å²) in [6, 6.07) is 10.2. The van der Waals surface area contributed by atoms with Gasteiger partial charge in [0, 0.05) is 16.8 Å². The van der Waals surface area contributed by atoms with Crippen LogP contribution in [0.5, 0.6) is 0 Å². The first-order valence-electron chi connectivity index (χ1n) is 7.01. The number of nitrogens with zero attached hydrogens (tertiary/aromatic N) is 1. The standard InChI is InChI=1S/C15H13N5O4S/c16-25(23,24)12-5-3-10(4-6-12)18-14(21)15(22)19-11-2-1-9-8-17-20-13(9)7-11/h1-8H,(H,17,20)(H,18,21)(H,19,22)(H2,16,23,24). The lowest BCUT2D eigenvalue weighted by atomic mass is 10.2. The Morgan fingerprint density at radius 3 is 2.20 bits per heavy atom. The molecule has 9 nitrogen and oxygen atoms in total. The fourth-order valence-electron chi connectivity index (χ4n) is 2.12. The van der Waals surface area contributed by atoms with E-state index in [1.807, 2.05) is 0 Å². The van der Waals surface area contributed by atoms with E-state index in [2.05, 4.69) is 20.8 Å². The first kappa shape index (κ1) is 16.6. The number of amides is 2. The molecule has 5 N–H and O–H groups in total. The largest absolute Gasteiger partial charge is 0.318 e. The lowest BCUT2D eigenvalue weighted by Gasteiger charge is -2.07. The van der Waals surface area contributed by atoms with Crippen molar-refractivity contribution in [3.05, 3.63) is 48.7 Å². The van der Waals surface area contributed by atoms with E-state index in [0.29, 0.717) is 5.69 Å². The highest BCUT2D eigenvalue weighted by atomic mass is 32.2. The molecular weight excluding hydrogens is 346 g/mol. The van der Waals surface area contributed by atoms with Crippen LogP contribution in [-0.2, 0) is 19.6 Å². The summed E-state index contributed by atoms with van der Waals surface area (Å²) in [7, 11) is -3.82. The van der Waals surface area contributed by atoms with Crippen LogP contribution in [0.4, 0.5) is 11.4 Å². The summed E-state index contributed by atoms with van der Waals surface area (Å²) in [5, 5.41) is 17.3. The Hall–Kier alpha value is -3.24. The van der Waals surface area contributed by atoms with E-state index in [9.17, 15) is 18.0 Å². The van der Waals surface area contributed by atoms with Gasteiger partial charge in [0.05, 0.1) is 16.6 Å². The van der Waals surface area contributed by atoms with Gasteiger partial charge in [0.1, 0.15) is 0 Å². The molecule has 0 saturated heterocycles. The highest BCUT2D eigenvalue weighted by molar-refractivity contribution is 7.89. The number of fused-ring (bicyclic) bond motifs is 1. The molecule has 0 atom stereocenters. The van der Waals surface area contributed by atoms with Gasteiger partial charge >= 0.3 is 11.8 Å². The van der Waals surface area contributed by atoms with Crippen molar-refractivity contribution in [1.82, 2.24) is 10.2 Å². The molecule has 3 rings (SSSR count). The number of nitrogens with two attached hydrogens (primary N) is 1. The average molecular weight is 359 g/mol. The van der Waals surface area contributed by atoms with Gasteiger partial charge in [-0.15, -0.1) is 0 Å². The highest BCUT2D eigenvalue weighted by Gasteiger charge is 2.15. The van der Waals surface area contributed by atoms with E-state index in [1.165, 1.54) is 24.3 Å². The lowest BCUT2D eigenvalue weighted by molar-refractivity contribution is -0.132. The number of primary sulfonamides is 1. The number of aromatic amines is 1. The fraction of sp³-hybridized carbons (Fsp3) is 0. The molecule has 2 amide bonds. The number of nitrogens with one attached hydrogen (secondary N) is 3. The minimum absolute atomic E-state index is 0.0946. The maximum Gasteiger partial charge on any atom is 0.314 e. The number of H-pyrrole nitrogens is 1. The molecule has 0 bridgehead atoms. The third-order valence-corrected chi connectivity index (χ3v) is 4.28. The summed E-state index contributed by atoms with van der Waals surface area (Å²) in [6.45, 7) is 0. The van der Waals surface area contributed by atoms with Gasteiger partial charge in [-0.25, -0.2) is 13.6 Å². The van der Waals surface area contributed by atoms with Crippen molar-refractivity contribution in [1.29, 1.82) is 0 Å². The molecule has 10 heteroatoms. The van der Waals surface area contributed by atoms with Crippen molar-refractivity contribution in [3.63, 3.8) is 0 Å². The third kappa shape index (κ3) is 3.82. The average Bonchev–Trinajstić information content (AvgIpc) is 3.02. The monoisotopic (exact) mass is 359 g/mol. The second kappa shape index (κ2) is 6.34. The molecule has 25 heavy (non-hydrogen) atoms. The normalized spacial score (nSPS) is 11.2. The third-order valence-electron chi connectivity index (χ3n) is 3.35. The van der Waals surface area contributed by atoms with E-state index in [-0.39, 0.29) is 10.6 Å². The van der Waals surface area contributed by atoms with Gasteiger partial charge in [-0.2, -0.15) is 5.10 Å². The van der Waals surface area contributed by atoms with E-state index in [0.717, 1.165) is 10.9 Å². The predicted molar refractivity (Wildman–Crippen MR) is 91.2 cm³/mol. The minimum Gasteiger partial charge on any atom is -0.318 e. The fourth-order valence-corrected chi connectivity index (χ4v) is 2.63. The Morgan fingerprint density at radius 1 is 0.960 bits per heavy atom. The van der Waals surface area contributed by atoms with E-state index < -0.39 is 21.8 Å². The first-order chi connectivity index (χ1) is 11.8. The lowest BCUT2D eigenvalue weighted by Crippen LogP contribution is -2.29. The van der Waals surface area contributed by atoms with Crippen LogP contribution in [0.1, 0.15) is 0 Å². The van der Waals surface area contributed by atoms with Gasteiger partial charge in [0.2, 0.25) is 10.0 Å². The predicted octanol–water partition coefficient (Wildman–Crippen LogP) is 0.787. The molecule has 128 valence electrons. The van der Waals surface area contributed by atoms with Crippen molar-refractivity contribution in [2.24, 2.45) is 5.14 Å². The minimum atomic E-state index is -3.82. The number of anilines is 2. The Kier molecular flexibility index (Phi) is 4.21. The maximum atomic E-state index is 12.0. The first-order valence-corrected chi connectivity index (χ1v) is 8.56. The zero-order valence-electron chi connectivity index (χ0n) is 12.7. The van der Waals surface area contributed by atoms with Crippen LogP contribution in [0.25, 0.3) is 10.9 Å². The molecule has 1 heterocycles. The Morgan fingerprint density at radius 2 is 1.56 bits per heavy atom. The molecule has 0 aliphatic rings. The van der Waals surface area contributed by atoms with E-state index in [1.54, 1.807) is 24.4 Å². The summed E-state index contributed by atoms with van der Waals surface area (Å²) in [5.41, 5.74) is 1.41. The second-order valence-corrected chi connectivity index (χ2v) is 6.71. The Labute approximate surface area is 142 Å². The number of carbonyl (C=O) groups excluding carboxylic acids is 2. The zero-order chi connectivity index (χ0) is 18.0. The van der Waals surface area contributed by atoms with Crippen LogP contribution in [0.3, 0.4) is 0 Å². The topological polar surface area (TPSA) is 147 Å². The van der Waals surface area contributed by atoms with Crippen LogP contribution in [0, 0.1) is 0 Å². The second-order valence-electron chi connectivity index (χ2n) is 5.15. The number of hydrogen-bond acceptors (Lipinski definition) is 5. The molecule has 0 fully saturated rings. The molecule has 0 radical (unpaired) electrons. The summed E-state index contributed by atoms with van der Waals surface area (Å²) in [5.74, 6) is -1.76. The highest BCUT2D eigenvalue weighted by Crippen LogP contribution is 2.17. The van der Waals surface area contributed by atoms with Crippen LogP contribution < -0.4 is 15.8 Å². The molecule has 0 unspecified atom stereocenters. The molecule has 0 aliphatic heterocycles. The van der Waals surface area contributed by atoms with Gasteiger partial charge in [-0.1, -0.05) is 0 Å². The maximum absolute atomic E-state index is 12.0. The number of sulfonamides is 1. The van der Waals surface area contributed by atoms with Crippen LogP contribution >= 0.6 is 0 Å². The zero-order valence-corrected chi connectivity index (χ0v) is 13.5. The molecule has 1 aromatic heterocycles. The molecule has 3 aromatic rings. The number of aromatic nitrogens is 2. The van der Waals surface area contributed by atoms with Crippen molar-refractivity contribution < 1.29 is 18.0 Å². The quantitative estimate of drug-likeness (QED) is 0.510. The molecular formula is C15H13N5O4S.